The van der Waals surface area contributed by atoms with E-state index in [0.717, 1.165) is 35.1 Å². The molecule has 0 saturated heterocycles. The monoisotopic (exact) mass is 862 g/mol. The smallest absolute Gasteiger partial charge is 0.109 e. The van der Waals surface area contributed by atoms with E-state index in [4.69, 9.17) is 46.4 Å². The van der Waals surface area contributed by atoms with Gasteiger partial charge in [-0.15, -0.1) is 36.8 Å². The van der Waals surface area contributed by atoms with Gasteiger partial charge in [-0.2, -0.15) is 35.4 Å². The number of halogens is 6. The van der Waals surface area contributed by atoms with Gasteiger partial charge in [-0.1, -0.05) is 76.3 Å². The van der Waals surface area contributed by atoms with E-state index in [1.165, 1.54) is 71.9 Å². The number of rotatable bonds is 6. The predicted octanol–water partition coefficient (Wildman–Crippen LogP) is 13.6. The van der Waals surface area contributed by atoms with Gasteiger partial charge in [0.2, 0.25) is 0 Å². The Morgan fingerprint density at radius 2 is 1.14 bits per heavy atom. The first-order valence-corrected chi connectivity index (χ1v) is 19.6. The second kappa shape index (κ2) is 20.3. The summed E-state index contributed by atoms with van der Waals surface area (Å²) in [6.45, 7) is 13.6. The van der Waals surface area contributed by atoms with Gasteiger partial charge in [-0.3, -0.25) is 6.08 Å². The van der Waals surface area contributed by atoms with Gasteiger partial charge in [0.15, 0.2) is 0 Å². The number of hydrogen-bond acceptors (Lipinski definition) is 0. The molecule has 0 atom stereocenters. The number of hydrogen-bond donors (Lipinski definition) is 0. The summed E-state index contributed by atoms with van der Waals surface area (Å²) < 4.78 is 1.25. The Kier molecular flexibility index (Phi) is 18.3. The third-order valence-electron chi connectivity index (χ3n) is 8.41. The molecule has 6 rings (SSSR count). The molecule has 0 radical (unpaired) electrons. The van der Waals surface area contributed by atoms with Crippen LogP contribution in [0.4, 0.5) is 0 Å². The zero-order valence-electron chi connectivity index (χ0n) is 29.7. The second-order valence-corrected chi connectivity index (χ2v) is 16.6. The molecule has 0 saturated carbocycles. The van der Waals surface area contributed by atoms with E-state index < -0.39 is 0 Å². The minimum atomic E-state index is 0. The van der Waals surface area contributed by atoms with Crippen LogP contribution in [0.15, 0.2) is 85.0 Å². The molecule has 0 heterocycles. The zero-order valence-corrected chi connectivity index (χ0v) is 36.8. The van der Waals surface area contributed by atoms with Crippen LogP contribution in [-0.2, 0) is 65.0 Å². The molecule has 0 spiro atoms. The van der Waals surface area contributed by atoms with Crippen LogP contribution in [0.1, 0.15) is 104 Å². The Morgan fingerprint density at radius 3 is 1.52 bits per heavy atom. The van der Waals surface area contributed by atoms with Crippen LogP contribution in [0.2, 0.25) is 0 Å². The van der Waals surface area contributed by atoms with Crippen molar-refractivity contribution in [2.75, 3.05) is 0 Å². The average molecular weight is 867 g/mol. The van der Waals surface area contributed by atoms with Gasteiger partial charge in [-0.25, -0.2) is 12.2 Å². The molecule has 7 heteroatoms. The molecular weight excluding hydrogens is 820 g/mol. The molecule has 0 amide bonds. The fraction of sp³-hybridized carbons (Fsp3) is 0.326. The molecule has 0 N–H and O–H groups in total. The van der Waals surface area contributed by atoms with Gasteiger partial charge in [0.25, 0.3) is 0 Å². The van der Waals surface area contributed by atoms with E-state index in [0.29, 0.717) is 23.5 Å². The largest absolute Gasteiger partial charge is 0.273 e. The summed E-state index contributed by atoms with van der Waals surface area (Å²) in [5, 5.41) is 0. The number of benzene rings is 4. The van der Waals surface area contributed by atoms with E-state index in [1.54, 1.807) is 0 Å². The summed E-state index contributed by atoms with van der Waals surface area (Å²) in [5.74, 6) is 1.93. The quantitative estimate of drug-likeness (QED) is 0.118. The first-order valence-electron chi connectivity index (χ1n) is 16.3. The minimum Gasteiger partial charge on any atom is -0.273 e. The maximum atomic E-state index is 5.99. The van der Waals surface area contributed by atoms with Crippen LogP contribution < -0.4 is 0 Å². The zero-order chi connectivity index (χ0) is 35.1. The molecule has 0 aliphatic heterocycles. The molecule has 2 aliphatic carbocycles. The van der Waals surface area contributed by atoms with E-state index in [2.05, 4.69) is 114 Å². The summed E-state index contributed by atoms with van der Waals surface area (Å²) >= 11 is 25.3. The fourth-order valence-electron chi connectivity index (χ4n) is 5.61. The standard InChI is InChI=1S/C21H25.C17H14Cl4.C5H5.2ClH.Zr/c1-20(2,3)16-9-7-14-11-15-8-10-17(21(4,5)6)13-19(15)18(14)12-16;18-8-14-2-12(3-15(6-14)9-19)1-13-4-16(10-20)7-17(5-13)11-21;1-2-4-5-3-1;;;/h7,9-10,12-13H,11H2,1-6H3;2-7H,8-11H2;1-3H,4H2;2*1H;/q-1;;-1;;;+2. The van der Waals surface area contributed by atoms with Crippen LogP contribution in [-0.4, -0.2) is 3.21 Å². The molecule has 50 heavy (non-hydrogen) atoms. The molecule has 0 bridgehead atoms. The molecule has 2 aliphatic rings. The average Bonchev–Trinajstić information content (AvgIpc) is 3.78. The van der Waals surface area contributed by atoms with E-state index in [-0.39, 0.29) is 35.6 Å². The van der Waals surface area contributed by atoms with Crippen LogP contribution in [0.5, 0.6) is 0 Å². The molecule has 0 aromatic heterocycles. The van der Waals surface area contributed by atoms with Crippen molar-refractivity contribution in [2.24, 2.45) is 0 Å². The Labute approximate surface area is 348 Å². The predicted molar refractivity (Wildman–Crippen MR) is 221 cm³/mol. The maximum absolute atomic E-state index is 5.99. The number of allylic oxidation sites excluding steroid dienone is 4. The van der Waals surface area contributed by atoms with Crippen LogP contribution in [0.3, 0.4) is 0 Å². The normalized spacial score (nSPS) is 12.4. The third-order valence-corrected chi connectivity index (χ3v) is 11.1. The number of fused-ring (bicyclic) bond motifs is 3. The van der Waals surface area contributed by atoms with Crippen LogP contribution in [0, 0.1) is 12.1 Å². The van der Waals surface area contributed by atoms with E-state index in [1.807, 2.05) is 24.3 Å². The maximum Gasteiger partial charge on any atom is -0.109 e. The summed E-state index contributed by atoms with van der Waals surface area (Å²) in [7, 11) is 0. The number of alkyl halides is 4. The summed E-state index contributed by atoms with van der Waals surface area (Å²) in [6.07, 6.45) is 11.0. The van der Waals surface area contributed by atoms with E-state index >= 15 is 0 Å². The first kappa shape index (κ1) is 45.0. The van der Waals surface area contributed by atoms with Gasteiger partial charge >= 0.3 is 167 Å². The van der Waals surface area contributed by atoms with E-state index in [9.17, 15) is 0 Å². The van der Waals surface area contributed by atoms with Gasteiger partial charge in [0.05, 0.1) is 0 Å². The van der Waals surface area contributed by atoms with Gasteiger partial charge in [-0.05, 0) is 17.4 Å². The van der Waals surface area contributed by atoms with Crippen LogP contribution >= 0.6 is 71.2 Å². The summed E-state index contributed by atoms with van der Waals surface area (Å²) in [6, 6.07) is 27.7. The van der Waals surface area contributed by atoms with Crippen molar-refractivity contribution < 1.29 is 24.2 Å². The molecule has 264 valence electrons. The van der Waals surface area contributed by atoms with Crippen molar-refractivity contribution in [3.63, 3.8) is 0 Å². The molecule has 0 nitrogen and oxygen atoms in total. The van der Waals surface area contributed by atoms with Crippen molar-refractivity contribution >= 4 is 74.4 Å². The molecule has 4 aromatic rings. The van der Waals surface area contributed by atoms with Gasteiger partial charge in [0, 0.05) is 0 Å². The molecular formula is C43H46Cl6Zr. The SMILES string of the molecule is CC(C)(C)c1c[c-]c2c(c1)-c1cc(C(C)(C)C)ccc1C2.Cl.Cl.ClCc1cc(CCl)cc([C](=[Zr+2])c2cc(CCl)cc(CCl)c2)c1.[C-]1=CC=CC1. The van der Waals surface area contributed by atoms with Crippen molar-refractivity contribution in [1.29, 1.82) is 0 Å². The summed E-state index contributed by atoms with van der Waals surface area (Å²) in [4.78, 5) is 0. The fourth-order valence-corrected chi connectivity index (χ4v) is 6.94. The van der Waals surface area contributed by atoms with Crippen molar-refractivity contribution in [2.45, 2.75) is 88.7 Å². The Balaban J connectivity index is 0.000000293. The molecule has 0 unspecified atom stereocenters. The van der Waals surface area contributed by atoms with Gasteiger partial charge < -0.3 is 0 Å². The van der Waals surface area contributed by atoms with Crippen LogP contribution in [0.25, 0.3) is 11.1 Å². The Morgan fingerprint density at radius 1 is 0.660 bits per heavy atom. The molecule has 4 aromatic carbocycles. The topological polar surface area (TPSA) is 0 Å². The third kappa shape index (κ3) is 12.2. The minimum absolute atomic E-state index is 0. The summed E-state index contributed by atoms with van der Waals surface area (Å²) in [5.41, 5.74) is 15.4. The Hall–Kier alpha value is -1.15. The molecule has 0 fully saturated rings. The Bertz CT molecular complexity index is 1630. The van der Waals surface area contributed by atoms with Crippen molar-refractivity contribution in [1.82, 2.24) is 0 Å². The van der Waals surface area contributed by atoms with Gasteiger partial charge in [0.1, 0.15) is 0 Å². The van der Waals surface area contributed by atoms with Crippen molar-refractivity contribution in [3.05, 3.63) is 153 Å². The van der Waals surface area contributed by atoms with Crippen molar-refractivity contribution in [3.8, 4) is 11.1 Å². The first-order chi connectivity index (χ1) is 22.8. The second-order valence-electron chi connectivity index (χ2n) is 14.3.